The number of hydrogen-bond donors (Lipinski definition) is 1. The molecule has 5 heteroatoms. The Kier molecular flexibility index (Phi) is 5.88. The van der Waals surface area contributed by atoms with Crippen molar-refractivity contribution in [1.29, 1.82) is 0 Å². The summed E-state index contributed by atoms with van der Waals surface area (Å²) >= 11 is 0. The van der Waals surface area contributed by atoms with Crippen LogP contribution in [-0.2, 0) is 0 Å². The summed E-state index contributed by atoms with van der Waals surface area (Å²) in [4.78, 5) is 10.6. The van der Waals surface area contributed by atoms with Gasteiger partial charge in [0.1, 0.15) is 0 Å². The molecule has 0 saturated carbocycles. The van der Waals surface area contributed by atoms with Gasteiger partial charge in [-0.15, -0.1) is 0 Å². The third-order valence-electron chi connectivity index (χ3n) is 8.33. The van der Waals surface area contributed by atoms with Gasteiger partial charge in [0.25, 0.3) is 0 Å². The number of rotatable bonds is 6. The van der Waals surface area contributed by atoms with E-state index in [1.165, 1.54) is 58.3 Å². The van der Waals surface area contributed by atoms with Crippen molar-refractivity contribution >= 4 is 0 Å². The molecule has 1 N–H and O–H groups in total. The Morgan fingerprint density at radius 1 is 0.963 bits per heavy atom. The quantitative estimate of drug-likeness (QED) is 0.763. The van der Waals surface area contributed by atoms with Crippen molar-refractivity contribution in [3.8, 4) is 0 Å². The molecule has 4 aliphatic rings. The van der Waals surface area contributed by atoms with Crippen LogP contribution < -0.4 is 0 Å². The monoisotopic (exact) mass is 378 g/mol. The number of β-amino-alcohol motifs (C(OH)–C–C–N with tert-alkyl or cyclic N) is 1. The van der Waals surface area contributed by atoms with Crippen molar-refractivity contribution < 1.29 is 5.11 Å². The number of fused-ring (bicyclic) bond motifs is 2. The van der Waals surface area contributed by atoms with Gasteiger partial charge in [-0.1, -0.05) is 0 Å². The highest BCUT2D eigenvalue weighted by Crippen LogP contribution is 2.34. The lowest BCUT2D eigenvalue weighted by molar-refractivity contribution is 0.0371. The summed E-state index contributed by atoms with van der Waals surface area (Å²) in [6, 6.07) is 3.04. The fraction of sp³-hybridized carbons (Fsp3) is 1.00. The van der Waals surface area contributed by atoms with E-state index in [1.807, 2.05) is 0 Å². The standard InChI is InChI=1S/C22H42N4O/c1-17(26-15-19-13-20(26)14-23(19)4)5-9-22(2,3)25-11-6-18(7-12-25)24-10-8-21(27)16-24/h17-21,27H,5-16H2,1-4H3/t17?,19-,20-,21+/m1/s1. The van der Waals surface area contributed by atoms with E-state index >= 15 is 0 Å². The van der Waals surface area contributed by atoms with Crippen LogP contribution in [0.25, 0.3) is 0 Å². The second kappa shape index (κ2) is 7.91. The van der Waals surface area contributed by atoms with Crippen molar-refractivity contribution in [1.82, 2.24) is 19.6 Å². The molecule has 0 aromatic rings. The molecule has 1 unspecified atom stereocenters. The topological polar surface area (TPSA) is 33.2 Å². The van der Waals surface area contributed by atoms with Crippen LogP contribution >= 0.6 is 0 Å². The van der Waals surface area contributed by atoms with Crippen molar-refractivity contribution in [3.05, 3.63) is 0 Å². The lowest BCUT2D eigenvalue weighted by Crippen LogP contribution is -2.53. The number of hydrogen-bond acceptors (Lipinski definition) is 5. The zero-order chi connectivity index (χ0) is 19.2. The van der Waals surface area contributed by atoms with Crippen molar-refractivity contribution in [2.45, 2.75) is 95.1 Å². The molecule has 0 amide bonds. The molecule has 4 atom stereocenters. The summed E-state index contributed by atoms with van der Waals surface area (Å²) in [5.41, 5.74) is 0.305. The van der Waals surface area contributed by atoms with Crippen LogP contribution in [-0.4, -0.2) is 107 Å². The molecule has 156 valence electrons. The van der Waals surface area contributed by atoms with Gasteiger partial charge in [-0.2, -0.15) is 0 Å². The van der Waals surface area contributed by atoms with Gasteiger partial charge < -0.3 is 10.0 Å². The normalized spacial score (nSPS) is 36.1. The third kappa shape index (κ3) is 4.23. The first-order valence-electron chi connectivity index (χ1n) is 11.5. The minimum Gasteiger partial charge on any atom is -0.392 e. The van der Waals surface area contributed by atoms with Crippen LogP contribution in [0.5, 0.6) is 0 Å². The van der Waals surface area contributed by atoms with Gasteiger partial charge in [0.15, 0.2) is 0 Å². The summed E-state index contributed by atoms with van der Waals surface area (Å²) in [6.07, 6.45) is 7.44. The predicted molar refractivity (Wildman–Crippen MR) is 111 cm³/mol. The Hall–Kier alpha value is -0.200. The third-order valence-corrected chi connectivity index (χ3v) is 8.33. The highest BCUT2D eigenvalue weighted by Gasteiger charge is 2.43. The van der Waals surface area contributed by atoms with Crippen LogP contribution in [0.2, 0.25) is 0 Å². The SMILES string of the molecule is CC(CCC(C)(C)N1CCC(N2CC[C@H](O)C2)CC1)N1C[C@H]2C[C@@H]1CN2C. The Morgan fingerprint density at radius 2 is 1.70 bits per heavy atom. The van der Waals surface area contributed by atoms with Crippen LogP contribution in [0.15, 0.2) is 0 Å². The van der Waals surface area contributed by atoms with Gasteiger partial charge in [-0.3, -0.25) is 14.7 Å². The fourth-order valence-corrected chi connectivity index (χ4v) is 6.26. The lowest BCUT2D eigenvalue weighted by atomic mass is 9.90. The van der Waals surface area contributed by atoms with Gasteiger partial charge in [0.05, 0.1) is 6.10 Å². The van der Waals surface area contributed by atoms with E-state index < -0.39 is 0 Å². The van der Waals surface area contributed by atoms with E-state index in [9.17, 15) is 5.11 Å². The highest BCUT2D eigenvalue weighted by molar-refractivity contribution is 5.00. The number of likely N-dealkylation sites (N-methyl/N-ethyl adjacent to an activating group) is 1. The number of nitrogens with zero attached hydrogens (tertiary/aromatic N) is 4. The zero-order valence-electron chi connectivity index (χ0n) is 18.1. The molecule has 4 fully saturated rings. The largest absolute Gasteiger partial charge is 0.392 e. The summed E-state index contributed by atoms with van der Waals surface area (Å²) < 4.78 is 0. The Bertz CT molecular complexity index is 503. The molecule has 4 aliphatic heterocycles. The molecule has 0 aromatic heterocycles. The molecular formula is C22H42N4O. The smallest absolute Gasteiger partial charge is 0.0679 e. The van der Waals surface area contributed by atoms with Gasteiger partial charge in [-0.05, 0) is 66.3 Å². The molecule has 4 saturated heterocycles. The van der Waals surface area contributed by atoms with Crippen molar-refractivity contribution in [2.75, 3.05) is 46.3 Å². The van der Waals surface area contributed by atoms with E-state index in [0.717, 1.165) is 37.6 Å². The van der Waals surface area contributed by atoms with Crippen LogP contribution in [0.3, 0.4) is 0 Å². The summed E-state index contributed by atoms with van der Waals surface area (Å²) in [6.45, 7) is 14.4. The van der Waals surface area contributed by atoms with Crippen molar-refractivity contribution in [3.63, 3.8) is 0 Å². The average molecular weight is 379 g/mol. The summed E-state index contributed by atoms with van der Waals surface area (Å²) in [7, 11) is 2.29. The molecule has 0 radical (unpaired) electrons. The average Bonchev–Trinajstić information content (AvgIpc) is 3.35. The second-order valence-electron chi connectivity index (χ2n) is 10.5. The number of likely N-dealkylation sites (tertiary alicyclic amines) is 4. The molecule has 0 aromatic carbocycles. The van der Waals surface area contributed by atoms with Gasteiger partial charge in [-0.25, -0.2) is 0 Å². The number of aliphatic hydroxyl groups excluding tert-OH is 1. The molecule has 27 heavy (non-hydrogen) atoms. The number of aliphatic hydroxyl groups is 1. The van der Waals surface area contributed by atoms with E-state index in [1.54, 1.807) is 0 Å². The van der Waals surface area contributed by atoms with Crippen LogP contribution in [0, 0.1) is 0 Å². The number of piperazine rings is 1. The van der Waals surface area contributed by atoms with Gasteiger partial charge >= 0.3 is 0 Å². The van der Waals surface area contributed by atoms with E-state index in [2.05, 4.69) is 47.4 Å². The van der Waals surface area contributed by atoms with E-state index in [4.69, 9.17) is 0 Å². The molecule has 5 nitrogen and oxygen atoms in total. The zero-order valence-corrected chi connectivity index (χ0v) is 18.1. The number of piperidine rings is 1. The van der Waals surface area contributed by atoms with E-state index in [0.29, 0.717) is 11.6 Å². The molecular weight excluding hydrogens is 336 g/mol. The maximum Gasteiger partial charge on any atom is 0.0679 e. The van der Waals surface area contributed by atoms with Crippen LogP contribution in [0.1, 0.15) is 59.3 Å². The Balaban J connectivity index is 1.22. The molecule has 2 bridgehead atoms. The molecule has 0 spiro atoms. The first kappa shape index (κ1) is 20.1. The van der Waals surface area contributed by atoms with Crippen LogP contribution in [0.4, 0.5) is 0 Å². The fourth-order valence-electron chi connectivity index (χ4n) is 6.26. The van der Waals surface area contributed by atoms with Gasteiger partial charge in [0, 0.05) is 69.0 Å². The molecule has 4 rings (SSSR count). The summed E-state index contributed by atoms with van der Waals surface area (Å²) in [5.74, 6) is 0. The molecule has 4 heterocycles. The van der Waals surface area contributed by atoms with Crippen molar-refractivity contribution in [2.24, 2.45) is 0 Å². The van der Waals surface area contributed by atoms with Gasteiger partial charge in [0.2, 0.25) is 0 Å². The first-order valence-corrected chi connectivity index (χ1v) is 11.5. The minimum absolute atomic E-state index is 0.0819. The summed E-state index contributed by atoms with van der Waals surface area (Å²) in [5, 5.41) is 9.82. The first-order chi connectivity index (χ1) is 12.8. The second-order valence-corrected chi connectivity index (χ2v) is 10.5. The minimum atomic E-state index is -0.0819. The predicted octanol–water partition coefficient (Wildman–Crippen LogP) is 1.85. The molecule has 0 aliphatic carbocycles. The lowest BCUT2D eigenvalue weighted by Gasteiger charge is -2.46. The maximum atomic E-state index is 9.82. The Morgan fingerprint density at radius 3 is 2.26 bits per heavy atom. The maximum absolute atomic E-state index is 9.82. The Labute approximate surface area is 166 Å². The highest BCUT2D eigenvalue weighted by atomic mass is 16.3. The van der Waals surface area contributed by atoms with E-state index in [-0.39, 0.29) is 6.10 Å².